The molecule has 1 saturated heterocycles. The summed E-state index contributed by atoms with van der Waals surface area (Å²) in [5.74, 6) is -2.03. The van der Waals surface area contributed by atoms with E-state index in [0.717, 1.165) is 18.6 Å². The molecule has 1 aromatic carbocycles. The summed E-state index contributed by atoms with van der Waals surface area (Å²) >= 11 is 0. The number of likely N-dealkylation sites (N-methyl/N-ethyl adjacent to an activating group) is 1. The first-order valence-corrected chi connectivity index (χ1v) is 13.3. The number of nitrogens with one attached hydrogen (secondary N) is 1. The number of ether oxygens (including phenoxy) is 1. The Morgan fingerprint density at radius 3 is 2.61 bits per heavy atom. The lowest BCUT2D eigenvalue weighted by atomic mass is 9.78. The number of halogens is 1. The van der Waals surface area contributed by atoms with Crippen molar-refractivity contribution in [3.63, 3.8) is 0 Å². The van der Waals surface area contributed by atoms with Crippen molar-refractivity contribution in [3.8, 4) is 5.75 Å². The fourth-order valence-corrected chi connectivity index (χ4v) is 6.52. The van der Waals surface area contributed by atoms with Crippen LogP contribution in [0.3, 0.4) is 0 Å². The van der Waals surface area contributed by atoms with Crippen LogP contribution in [0.5, 0.6) is 5.75 Å². The number of sulfonamides is 1. The number of aromatic hydroxyl groups is 1. The molecule has 1 spiro atoms. The minimum absolute atomic E-state index is 0.177. The van der Waals surface area contributed by atoms with Gasteiger partial charge in [-0.05, 0) is 44.0 Å². The maximum atomic E-state index is 14.1. The summed E-state index contributed by atoms with van der Waals surface area (Å²) in [6, 6.07) is 3.35. The van der Waals surface area contributed by atoms with Crippen molar-refractivity contribution in [2.45, 2.75) is 42.8 Å². The molecular weight excluding hydrogens is 493 g/mol. The Morgan fingerprint density at radius 2 is 1.94 bits per heavy atom. The molecule has 0 radical (unpaired) electrons. The molecule has 1 aromatic heterocycles. The summed E-state index contributed by atoms with van der Waals surface area (Å²) in [5, 5.41) is 13.0. The van der Waals surface area contributed by atoms with E-state index >= 15 is 0 Å². The lowest BCUT2D eigenvalue weighted by Gasteiger charge is -2.44. The maximum Gasteiger partial charge on any atom is 0.296 e. The minimum atomic E-state index is -4.01. The molecule has 3 aliphatic rings. The predicted octanol–water partition coefficient (Wildman–Crippen LogP) is 0.364. The molecule has 2 N–H and O–H groups in total. The Labute approximate surface area is 207 Å². The van der Waals surface area contributed by atoms with Crippen LogP contribution in [0.1, 0.15) is 41.1 Å². The predicted molar refractivity (Wildman–Crippen MR) is 125 cm³/mol. The SMILES string of the molecule is CN1CCN(S(=O)(=O)c2cc(F)ccc2CNC(=O)c2nc3n(c(=O)c2O)CCOC32CCC2)CC1. The van der Waals surface area contributed by atoms with E-state index in [2.05, 4.69) is 10.3 Å². The van der Waals surface area contributed by atoms with Gasteiger partial charge in [0.05, 0.1) is 18.0 Å². The number of amides is 1. The number of carbonyl (C=O) groups is 1. The topological polar surface area (TPSA) is 134 Å². The van der Waals surface area contributed by atoms with Gasteiger partial charge in [-0.15, -0.1) is 0 Å². The van der Waals surface area contributed by atoms with Gasteiger partial charge in [0.1, 0.15) is 17.2 Å². The first-order chi connectivity index (χ1) is 17.1. The molecule has 2 aromatic rings. The molecule has 0 atom stereocenters. The van der Waals surface area contributed by atoms with Gasteiger partial charge >= 0.3 is 0 Å². The molecule has 2 fully saturated rings. The van der Waals surface area contributed by atoms with Crippen molar-refractivity contribution in [1.29, 1.82) is 0 Å². The van der Waals surface area contributed by atoms with E-state index in [4.69, 9.17) is 4.74 Å². The zero-order valence-electron chi connectivity index (χ0n) is 19.9. The second kappa shape index (κ2) is 9.21. The normalized spacial score (nSPS) is 20.1. The van der Waals surface area contributed by atoms with Gasteiger partial charge in [0.2, 0.25) is 15.8 Å². The summed E-state index contributed by atoms with van der Waals surface area (Å²) < 4.78 is 49.1. The van der Waals surface area contributed by atoms with E-state index in [1.165, 1.54) is 14.9 Å². The molecule has 3 heterocycles. The van der Waals surface area contributed by atoms with E-state index in [1.54, 1.807) is 0 Å². The highest BCUT2D eigenvalue weighted by atomic mass is 32.2. The van der Waals surface area contributed by atoms with Crippen molar-refractivity contribution in [2.75, 3.05) is 39.8 Å². The molecule has 194 valence electrons. The van der Waals surface area contributed by atoms with Crippen LogP contribution in [0.4, 0.5) is 4.39 Å². The average molecular weight is 522 g/mol. The number of carbonyl (C=O) groups excluding carboxylic acids is 1. The first kappa shape index (κ1) is 24.8. The molecule has 2 aliphatic heterocycles. The Morgan fingerprint density at radius 1 is 1.22 bits per heavy atom. The van der Waals surface area contributed by atoms with Crippen molar-refractivity contribution in [1.82, 2.24) is 24.1 Å². The number of hydrogen-bond acceptors (Lipinski definition) is 8. The summed E-state index contributed by atoms with van der Waals surface area (Å²) in [6.07, 6.45) is 2.22. The Hall–Kier alpha value is -2.87. The van der Waals surface area contributed by atoms with Gasteiger partial charge in [-0.3, -0.25) is 14.2 Å². The Bertz CT molecular complexity index is 1370. The number of aromatic nitrogens is 2. The van der Waals surface area contributed by atoms with Crippen molar-refractivity contribution in [3.05, 3.63) is 51.5 Å². The van der Waals surface area contributed by atoms with E-state index in [0.29, 0.717) is 38.4 Å². The molecule has 0 unspecified atom stereocenters. The number of hydrogen-bond donors (Lipinski definition) is 2. The van der Waals surface area contributed by atoms with E-state index in [9.17, 15) is 27.5 Å². The van der Waals surface area contributed by atoms with Gasteiger partial charge in [-0.25, -0.2) is 17.8 Å². The van der Waals surface area contributed by atoms with Crippen molar-refractivity contribution >= 4 is 15.9 Å². The van der Waals surface area contributed by atoms with Crippen LogP contribution < -0.4 is 10.9 Å². The summed E-state index contributed by atoms with van der Waals surface area (Å²) in [6.45, 7) is 1.89. The fourth-order valence-electron chi connectivity index (χ4n) is 4.86. The third kappa shape index (κ3) is 4.19. The standard InChI is InChI=1S/C23H28FN5O6S/c1-27-7-9-28(10-8-27)36(33,34)17-13-16(24)4-3-15(17)14-25-20(31)18-19(30)21(32)29-11-12-35-23(5-2-6-23)22(29)26-18/h3-4,13,30H,2,5-12,14H2,1H3,(H,25,31). The lowest BCUT2D eigenvalue weighted by Crippen LogP contribution is -2.49. The molecule has 36 heavy (non-hydrogen) atoms. The fraction of sp³-hybridized carbons (Fsp3) is 0.522. The van der Waals surface area contributed by atoms with Crippen LogP contribution in [0.15, 0.2) is 27.9 Å². The molecule has 1 aliphatic carbocycles. The van der Waals surface area contributed by atoms with Crippen LogP contribution >= 0.6 is 0 Å². The number of piperazine rings is 1. The third-order valence-corrected chi connectivity index (χ3v) is 9.15. The second-order valence-corrected chi connectivity index (χ2v) is 11.3. The number of rotatable bonds is 5. The lowest BCUT2D eigenvalue weighted by molar-refractivity contribution is -0.134. The van der Waals surface area contributed by atoms with Crippen LogP contribution in [0.2, 0.25) is 0 Å². The number of nitrogens with zero attached hydrogens (tertiary/aromatic N) is 4. The number of fused-ring (bicyclic) bond motifs is 2. The highest BCUT2D eigenvalue weighted by Gasteiger charge is 2.46. The zero-order valence-corrected chi connectivity index (χ0v) is 20.7. The van der Waals surface area contributed by atoms with E-state index in [-0.39, 0.29) is 36.6 Å². The van der Waals surface area contributed by atoms with Gasteiger partial charge in [0, 0.05) is 32.7 Å². The van der Waals surface area contributed by atoms with Gasteiger partial charge in [-0.2, -0.15) is 4.31 Å². The molecular formula is C23H28FN5O6S. The molecule has 5 rings (SSSR count). The smallest absolute Gasteiger partial charge is 0.296 e. The largest absolute Gasteiger partial charge is 0.501 e. The van der Waals surface area contributed by atoms with E-state index < -0.39 is 44.4 Å². The summed E-state index contributed by atoms with van der Waals surface area (Å²) in [5.41, 5.74) is -1.73. The van der Waals surface area contributed by atoms with Crippen molar-refractivity contribution < 1.29 is 27.4 Å². The zero-order chi connectivity index (χ0) is 25.7. The van der Waals surface area contributed by atoms with Gasteiger partial charge in [0.25, 0.3) is 11.5 Å². The van der Waals surface area contributed by atoms with Gasteiger partial charge in [-0.1, -0.05) is 6.07 Å². The van der Waals surface area contributed by atoms with Crippen LogP contribution in [0.25, 0.3) is 0 Å². The second-order valence-electron chi connectivity index (χ2n) is 9.43. The summed E-state index contributed by atoms with van der Waals surface area (Å²) in [4.78, 5) is 31.8. The highest BCUT2D eigenvalue weighted by molar-refractivity contribution is 7.89. The molecule has 11 nitrogen and oxygen atoms in total. The molecule has 1 saturated carbocycles. The molecule has 0 bridgehead atoms. The first-order valence-electron chi connectivity index (χ1n) is 11.9. The Balaban J connectivity index is 1.41. The Kier molecular flexibility index (Phi) is 6.35. The minimum Gasteiger partial charge on any atom is -0.501 e. The third-order valence-electron chi connectivity index (χ3n) is 7.17. The van der Waals surface area contributed by atoms with Crippen molar-refractivity contribution in [2.24, 2.45) is 0 Å². The summed E-state index contributed by atoms with van der Waals surface area (Å²) in [7, 11) is -2.12. The van der Waals surface area contributed by atoms with E-state index in [1.807, 2.05) is 11.9 Å². The average Bonchev–Trinajstić information content (AvgIpc) is 2.84. The van der Waals surface area contributed by atoms with Crippen LogP contribution in [-0.4, -0.2) is 78.0 Å². The quantitative estimate of drug-likeness (QED) is 0.576. The van der Waals surface area contributed by atoms with Crippen LogP contribution in [0, 0.1) is 5.82 Å². The van der Waals surface area contributed by atoms with Gasteiger partial charge in [0.15, 0.2) is 5.69 Å². The van der Waals surface area contributed by atoms with Crippen LogP contribution in [-0.2, 0) is 33.5 Å². The maximum absolute atomic E-state index is 14.1. The molecule has 13 heteroatoms. The monoisotopic (exact) mass is 521 g/mol. The van der Waals surface area contributed by atoms with Gasteiger partial charge < -0.3 is 20.1 Å². The highest BCUT2D eigenvalue weighted by Crippen LogP contribution is 2.45. The number of benzene rings is 1. The molecule has 1 amide bonds.